The van der Waals surface area contributed by atoms with Gasteiger partial charge in [0.1, 0.15) is 10.9 Å². The fourth-order valence-corrected chi connectivity index (χ4v) is 1.91. The minimum absolute atomic E-state index is 0.753. The van der Waals surface area contributed by atoms with Crippen LogP contribution in [-0.4, -0.2) is 0 Å². The SMILES string of the molecule is N#Cc1ccc(-c2cc[c]cc2)s1. The third-order valence-corrected chi connectivity index (χ3v) is 2.76. The molecule has 0 unspecified atom stereocenters. The van der Waals surface area contributed by atoms with Gasteiger partial charge in [-0.15, -0.1) is 11.3 Å². The van der Waals surface area contributed by atoms with Gasteiger partial charge in [0.05, 0.1) is 0 Å². The van der Waals surface area contributed by atoms with Crippen molar-refractivity contribution in [1.29, 1.82) is 5.26 Å². The quantitative estimate of drug-likeness (QED) is 0.668. The van der Waals surface area contributed by atoms with E-state index in [1.54, 1.807) is 0 Å². The molecule has 1 heterocycles. The highest BCUT2D eigenvalue weighted by Gasteiger charge is 2.00. The molecule has 0 aliphatic carbocycles. The minimum Gasteiger partial charge on any atom is -0.192 e. The molecule has 61 valence electrons. The van der Waals surface area contributed by atoms with Crippen molar-refractivity contribution in [1.82, 2.24) is 0 Å². The standard InChI is InChI=1S/C11H6NS/c12-8-10-6-7-11(13-10)9-4-2-1-3-5-9/h2-7H. The maximum Gasteiger partial charge on any atom is 0.110 e. The smallest absolute Gasteiger partial charge is 0.110 e. The lowest BCUT2D eigenvalue weighted by Crippen LogP contribution is -1.67. The van der Waals surface area contributed by atoms with E-state index >= 15 is 0 Å². The number of nitriles is 1. The fraction of sp³-hybridized carbons (Fsp3) is 0. The molecular weight excluding hydrogens is 178 g/mol. The molecule has 0 saturated carbocycles. The molecule has 1 nitrogen and oxygen atoms in total. The highest BCUT2D eigenvalue weighted by Crippen LogP contribution is 2.26. The van der Waals surface area contributed by atoms with Gasteiger partial charge in [-0.3, -0.25) is 0 Å². The van der Waals surface area contributed by atoms with Crippen LogP contribution in [0.15, 0.2) is 36.4 Å². The van der Waals surface area contributed by atoms with Crippen LogP contribution < -0.4 is 0 Å². The number of benzene rings is 1. The van der Waals surface area contributed by atoms with Crippen molar-refractivity contribution in [2.24, 2.45) is 0 Å². The van der Waals surface area contributed by atoms with Gasteiger partial charge >= 0.3 is 0 Å². The highest BCUT2D eigenvalue weighted by molar-refractivity contribution is 7.16. The second-order valence-electron chi connectivity index (χ2n) is 2.56. The van der Waals surface area contributed by atoms with Crippen LogP contribution in [0, 0.1) is 17.4 Å². The molecule has 2 heteroatoms. The molecule has 0 atom stereocenters. The van der Waals surface area contributed by atoms with Crippen molar-refractivity contribution >= 4 is 11.3 Å². The average molecular weight is 184 g/mol. The van der Waals surface area contributed by atoms with E-state index in [1.165, 1.54) is 11.3 Å². The zero-order valence-corrected chi connectivity index (χ0v) is 7.64. The highest BCUT2D eigenvalue weighted by atomic mass is 32.1. The summed E-state index contributed by atoms with van der Waals surface area (Å²) >= 11 is 1.51. The summed E-state index contributed by atoms with van der Waals surface area (Å²) in [4.78, 5) is 1.88. The van der Waals surface area contributed by atoms with Crippen LogP contribution in [0.4, 0.5) is 0 Å². The lowest BCUT2D eigenvalue weighted by atomic mass is 10.2. The van der Waals surface area contributed by atoms with Crippen molar-refractivity contribution in [2.75, 3.05) is 0 Å². The zero-order chi connectivity index (χ0) is 9.10. The van der Waals surface area contributed by atoms with Crippen LogP contribution in [0.3, 0.4) is 0 Å². The topological polar surface area (TPSA) is 23.8 Å². The molecular formula is C11H6NS. The molecule has 1 aromatic heterocycles. The maximum absolute atomic E-state index is 8.65. The van der Waals surface area contributed by atoms with Gasteiger partial charge < -0.3 is 0 Å². The van der Waals surface area contributed by atoms with E-state index in [0.717, 1.165) is 15.3 Å². The van der Waals surface area contributed by atoms with Crippen LogP contribution in [0.1, 0.15) is 4.88 Å². The molecule has 0 saturated heterocycles. The summed E-state index contributed by atoms with van der Waals surface area (Å²) in [5.41, 5.74) is 1.14. The van der Waals surface area contributed by atoms with Gasteiger partial charge in [0, 0.05) is 4.88 Å². The molecule has 0 aliphatic rings. The Kier molecular flexibility index (Phi) is 2.11. The third-order valence-electron chi connectivity index (χ3n) is 1.72. The Morgan fingerprint density at radius 1 is 1.15 bits per heavy atom. The van der Waals surface area contributed by atoms with Gasteiger partial charge in [0.15, 0.2) is 0 Å². The molecule has 2 aromatic rings. The van der Waals surface area contributed by atoms with Crippen LogP contribution in [0.2, 0.25) is 0 Å². The molecule has 0 bridgehead atoms. The number of thiophene rings is 1. The van der Waals surface area contributed by atoms with Crippen molar-refractivity contribution in [3.05, 3.63) is 47.3 Å². The number of nitrogens with zero attached hydrogens (tertiary/aromatic N) is 1. The Hall–Kier alpha value is -1.59. The Balaban J connectivity index is 2.43. The largest absolute Gasteiger partial charge is 0.192 e. The number of rotatable bonds is 1. The second kappa shape index (κ2) is 3.42. The summed E-state index contributed by atoms with van der Waals surface area (Å²) in [6.07, 6.45) is 0. The van der Waals surface area contributed by atoms with Crippen molar-refractivity contribution < 1.29 is 0 Å². The lowest BCUT2D eigenvalue weighted by molar-refractivity contribution is 1.52. The molecule has 13 heavy (non-hydrogen) atoms. The Morgan fingerprint density at radius 2 is 1.92 bits per heavy atom. The molecule has 1 aromatic carbocycles. The molecule has 0 spiro atoms. The summed E-state index contributed by atoms with van der Waals surface area (Å²) in [6, 6.07) is 16.6. The van der Waals surface area contributed by atoms with E-state index in [4.69, 9.17) is 5.26 Å². The molecule has 0 N–H and O–H groups in total. The van der Waals surface area contributed by atoms with E-state index in [2.05, 4.69) is 12.1 Å². The molecule has 0 aliphatic heterocycles. The molecule has 1 radical (unpaired) electrons. The van der Waals surface area contributed by atoms with Gasteiger partial charge in [-0.25, -0.2) is 0 Å². The van der Waals surface area contributed by atoms with E-state index in [-0.39, 0.29) is 0 Å². The van der Waals surface area contributed by atoms with E-state index in [0.29, 0.717) is 0 Å². The monoisotopic (exact) mass is 184 g/mol. The number of hydrogen-bond donors (Lipinski definition) is 0. The molecule has 0 fully saturated rings. The van der Waals surface area contributed by atoms with Gasteiger partial charge in [0.25, 0.3) is 0 Å². The maximum atomic E-state index is 8.65. The first-order valence-electron chi connectivity index (χ1n) is 3.86. The predicted molar refractivity (Wildman–Crippen MR) is 53.3 cm³/mol. The van der Waals surface area contributed by atoms with E-state index in [1.807, 2.05) is 36.4 Å². The van der Waals surface area contributed by atoms with Crippen LogP contribution in [-0.2, 0) is 0 Å². The summed E-state index contributed by atoms with van der Waals surface area (Å²) in [5, 5.41) is 8.65. The first kappa shape index (κ1) is 8.03. The molecule has 2 rings (SSSR count). The second-order valence-corrected chi connectivity index (χ2v) is 3.65. The minimum atomic E-state index is 0.753. The summed E-state index contributed by atoms with van der Waals surface area (Å²) in [5.74, 6) is 0. The van der Waals surface area contributed by atoms with Crippen molar-refractivity contribution in [2.45, 2.75) is 0 Å². The number of hydrogen-bond acceptors (Lipinski definition) is 2. The first-order valence-corrected chi connectivity index (χ1v) is 4.68. The van der Waals surface area contributed by atoms with E-state index in [9.17, 15) is 0 Å². The summed E-state index contributed by atoms with van der Waals surface area (Å²) in [6.45, 7) is 0. The lowest BCUT2D eigenvalue weighted by Gasteiger charge is -1.93. The Morgan fingerprint density at radius 3 is 2.54 bits per heavy atom. The van der Waals surface area contributed by atoms with Crippen LogP contribution in [0.5, 0.6) is 0 Å². The fourth-order valence-electron chi connectivity index (χ4n) is 1.10. The third kappa shape index (κ3) is 1.61. The van der Waals surface area contributed by atoms with Crippen LogP contribution >= 0.6 is 11.3 Å². The van der Waals surface area contributed by atoms with Gasteiger partial charge in [-0.1, -0.05) is 24.3 Å². The van der Waals surface area contributed by atoms with Crippen molar-refractivity contribution in [3.8, 4) is 16.5 Å². The first-order chi connectivity index (χ1) is 6.40. The molecule has 0 amide bonds. The Bertz CT molecular complexity index is 437. The van der Waals surface area contributed by atoms with Gasteiger partial charge in [-0.2, -0.15) is 5.26 Å². The van der Waals surface area contributed by atoms with Gasteiger partial charge in [-0.05, 0) is 23.8 Å². The van der Waals surface area contributed by atoms with Crippen molar-refractivity contribution in [3.63, 3.8) is 0 Å². The Labute approximate surface area is 80.9 Å². The summed E-state index contributed by atoms with van der Waals surface area (Å²) < 4.78 is 0. The predicted octanol–water partition coefficient (Wildman–Crippen LogP) is 3.09. The van der Waals surface area contributed by atoms with Gasteiger partial charge in [0.2, 0.25) is 0 Å². The normalized spacial score (nSPS) is 9.46. The van der Waals surface area contributed by atoms with E-state index < -0.39 is 0 Å². The summed E-state index contributed by atoms with van der Waals surface area (Å²) in [7, 11) is 0. The average Bonchev–Trinajstić information content (AvgIpc) is 2.67. The zero-order valence-electron chi connectivity index (χ0n) is 6.82. The van der Waals surface area contributed by atoms with Crippen LogP contribution in [0.25, 0.3) is 10.4 Å².